The Morgan fingerprint density at radius 2 is 1.81 bits per heavy atom. The van der Waals surface area contributed by atoms with E-state index in [0.717, 1.165) is 6.08 Å². The minimum Gasteiger partial charge on any atom is -0.325 e. The van der Waals surface area contributed by atoms with E-state index in [1.165, 1.54) is 28.7 Å². The second-order valence-electron chi connectivity index (χ2n) is 8.40. The van der Waals surface area contributed by atoms with Crippen molar-refractivity contribution in [2.24, 2.45) is 0 Å². The van der Waals surface area contributed by atoms with E-state index < -0.39 is 11.7 Å². The molecule has 0 unspecified atom stereocenters. The molecule has 0 saturated heterocycles. The van der Waals surface area contributed by atoms with Crippen LogP contribution in [0.3, 0.4) is 0 Å². The first-order chi connectivity index (χ1) is 17.7. The number of nitrogens with zero attached hydrogens (tertiary/aromatic N) is 3. The SMILES string of the molecule is C=CC(=O)Nc1c(Cl)cccc1-c1c(CC)nc2n(CC(=O)Nc3ccc(F)cc3)c(C)c(C)n2c1=O. The molecule has 0 atom stereocenters. The lowest BCUT2D eigenvalue weighted by Gasteiger charge is -2.15. The number of fused-ring (bicyclic) bond motifs is 1. The lowest BCUT2D eigenvalue weighted by atomic mass is 10.0. The maximum absolute atomic E-state index is 13.9. The number of hydrogen-bond donors (Lipinski definition) is 2. The first-order valence-corrected chi connectivity index (χ1v) is 11.9. The van der Waals surface area contributed by atoms with Crippen molar-refractivity contribution in [3.8, 4) is 11.1 Å². The quantitative estimate of drug-likeness (QED) is 0.338. The van der Waals surface area contributed by atoms with Crippen LogP contribution in [0.5, 0.6) is 0 Å². The minimum atomic E-state index is -0.466. The number of aryl methyl sites for hydroxylation is 2. The van der Waals surface area contributed by atoms with Crippen molar-refractivity contribution in [2.45, 2.75) is 33.7 Å². The molecule has 0 fully saturated rings. The van der Waals surface area contributed by atoms with Crippen molar-refractivity contribution in [1.29, 1.82) is 0 Å². The van der Waals surface area contributed by atoms with Gasteiger partial charge in [-0.25, -0.2) is 13.8 Å². The van der Waals surface area contributed by atoms with E-state index >= 15 is 0 Å². The molecule has 4 aromatic rings. The number of nitrogens with one attached hydrogen (secondary N) is 2. The maximum atomic E-state index is 13.9. The van der Waals surface area contributed by atoms with Gasteiger partial charge in [0.1, 0.15) is 12.4 Å². The van der Waals surface area contributed by atoms with Crippen LogP contribution in [-0.4, -0.2) is 25.8 Å². The van der Waals surface area contributed by atoms with Crippen molar-refractivity contribution in [3.05, 3.63) is 93.4 Å². The normalized spacial score (nSPS) is 10.9. The summed E-state index contributed by atoms with van der Waals surface area (Å²) in [4.78, 5) is 43.6. The fraction of sp³-hybridized carbons (Fsp3) is 0.185. The first-order valence-electron chi connectivity index (χ1n) is 11.5. The maximum Gasteiger partial charge on any atom is 0.267 e. The van der Waals surface area contributed by atoms with Gasteiger partial charge in [-0.15, -0.1) is 0 Å². The number of para-hydroxylation sites is 1. The summed E-state index contributed by atoms with van der Waals surface area (Å²) in [5.74, 6) is -0.910. The molecule has 37 heavy (non-hydrogen) atoms. The van der Waals surface area contributed by atoms with Gasteiger partial charge >= 0.3 is 0 Å². The van der Waals surface area contributed by atoms with Gasteiger partial charge in [-0.05, 0) is 56.7 Å². The summed E-state index contributed by atoms with van der Waals surface area (Å²) in [6, 6.07) is 10.5. The summed E-state index contributed by atoms with van der Waals surface area (Å²) in [6.07, 6.45) is 1.53. The van der Waals surface area contributed by atoms with Gasteiger partial charge in [-0.2, -0.15) is 0 Å². The summed E-state index contributed by atoms with van der Waals surface area (Å²) in [5, 5.41) is 5.69. The fourth-order valence-corrected chi connectivity index (χ4v) is 4.39. The summed E-state index contributed by atoms with van der Waals surface area (Å²) in [5.41, 5.74) is 2.91. The van der Waals surface area contributed by atoms with Crippen molar-refractivity contribution in [2.75, 3.05) is 10.6 Å². The topological polar surface area (TPSA) is 97.5 Å². The third-order valence-corrected chi connectivity index (χ3v) is 6.44. The van der Waals surface area contributed by atoms with E-state index in [1.54, 1.807) is 36.6 Å². The van der Waals surface area contributed by atoms with Crippen LogP contribution in [0, 0.1) is 19.7 Å². The molecule has 0 aliphatic heterocycles. The average Bonchev–Trinajstić information content (AvgIpc) is 3.11. The molecule has 4 rings (SSSR count). The predicted molar refractivity (Wildman–Crippen MR) is 143 cm³/mol. The number of amides is 2. The Bertz CT molecular complexity index is 1610. The van der Waals surface area contributed by atoms with Gasteiger partial charge in [0.05, 0.1) is 22.0 Å². The Kier molecular flexibility index (Phi) is 7.26. The molecule has 0 bridgehead atoms. The molecule has 2 aromatic heterocycles. The van der Waals surface area contributed by atoms with Crippen LogP contribution in [0.15, 0.2) is 59.9 Å². The Labute approximate surface area is 217 Å². The summed E-state index contributed by atoms with van der Waals surface area (Å²) in [7, 11) is 0. The molecular weight excluding hydrogens is 497 g/mol. The number of aromatic nitrogens is 3. The smallest absolute Gasteiger partial charge is 0.267 e. The summed E-state index contributed by atoms with van der Waals surface area (Å²) < 4.78 is 16.3. The van der Waals surface area contributed by atoms with E-state index in [-0.39, 0.29) is 28.7 Å². The van der Waals surface area contributed by atoms with Crippen LogP contribution in [0.1, 0.15) is 24.0 Å². The highest BCUT2D eigenvalue weighted by molar-refractivity contribution is 6.34. The number of carbonyl (C=O) groups is 2. The van der Waals surface area contributed by atoms with Crippen LogP contribution in [0.25, 0.3) is 16.9 Å². The molecule has 0 aliphatic rings. The Morgan fingerprint density at radius 1 is 1.11 bits per heavy atom. The fourth-order valence-electron chi connectivity index (χ4n) is 4.17. The molecule has 8 nitrogen and oxygen atoms in total. The van der Waals surface area contributed by atoms with Gasteiger partial charge < -0.3 is 15.2 Å². The van der Waals surface area contributed by atoms with Gasteiger partial charge in [0.15, 0.2) is 0 Å². The third-order valence-electron chi connectivity index (χ3n) is 6.13. The number of anilines is 2. The van der Waals surface area contributed by atoms with Crippen molar-refractivity contribution >= 4 is 40.6 Å². The van der Waals surface area contributed by atoms with Crippen LogP contribution < -0.4 is 16.2 Å². The third kappa shape index (κ3) is 4.90. The number of halogens is 2. The zero-order valence-corrected chi connectivity index (χ0v) is 21.3. The molecule has 2 aromatic carbocycles. The summed E-state index contributed by atoms with van der Waals surface area (Å²) >= 11 is 6.39. The Balaban J connectivity index is 1.85. The van der Waals surface area contributed by atoms with Gasteiger partial charge in [0, 0.05) is 22.6 Å². The number of imidazole rings is 1. The molecular formula is C27H25ClFN5O3. The van der Waals surface area contributed by atoms with Gasteiger partial charge in [-0.1, -0.05) is 37.2 Å². The Hall–Kier alpha value is -4.24. The van der Waals surface area contributed by atoms with Gasteiger partial charge in [-0.3, -0.25) is 14.4 Å². The van der Waals surface area contributed by atoms with E-state index in [0.29, 0.717) is 46.1 Å². The second kappa shape index (κ2) is 10.4. The Morgan fingerprint density at radius 3 is 2.46 bits per heavy atom. The number of carbonyl (C=O) groups excluding carboxylic acids is 2. The standard InChI is InChI=1S/C27H25ClFN5O3/c1-5-21-24(19-8-7-9-20(28)25(19)32-22(35)6-2)26(37)34-16(4)15(3)33(27(34)31-21)14-23(36)30-18-12-10-17(29)11-13-18/h6-13H,2,5,14H2,1,3-4H3,(H,30,36)(H,32,35). The van der Waals surface area contributed by atoms with Crippen LogP contribution >= 0.6 is 11.6 Å². The zero-order chi connectivity index (χ0) is 26.9. The van der Waals surface area contributed by atoms with E-state index in [2.05, 4.69) is 17.2 Å². The first kappa shape index (κ1) is 25.8. The highest BCUT2D eigenvalue weighted by Gasteiger charge is 2.24. The minimum absolute atomic E-state index is 0.104. The molecule has 2 heterocycles. The van der Waals surface area contributed by atoms with Gasteiger partial charge in [0.25, 0.3) is 5.56 Å². The molecule has 0 radical (unpaired) electrons. The number of hydrogen-bond acceptors (Lipinski definition) is 4. The molecule has 190 valence electrons. The molecule has 2 N–H and O–H groups in total. The molecule has 0 spiro atoms. The average molecular weight is 522 g/mol. The molecule has 2 amide bonds. The predicted octanol–water partition coefficient (Wildman–Crippen LogP) is 4.90. The number of benzene rings is 2. The highest BCUT2D eigenvalue weighted by atomic mass is 35.5. The lowest BCUT2D eigenvalue weighted by Crippen LogP contribution is -2.23. The van der Waals surface area contributed by atoms with Crippen molar-refractivity contribution < 1.29 is 14.0 Å². The molecule has 0 aliphatic carbocycles. The monoisotopic (exact) mass is 521 g/mol. The van der Waals surface area contributed by atoms with Crippen LogP contribution in [0.2, 0.25) is 5.02 Å². The zero-order valence-electron chi connectivity index (χ0n) is 20.6. The number of rotatable bonds is 7. The van der Waals surface area contributed by atoms with E-state index in [1.807, 2.05) is 6.92 Å². The van der Waals surface area contributed by atoms with Crippen molar-refractivity contribution in [3.63, 3.8) is 0 Å². The largest absolute Gasteiger partial charge is 0.325 e. The lowest BCUT2D eigenvalue weighted by molar-refractivity contribution is -0.116. The van der Waals surface area contributed by atoms with Crippen molar-refractivity contribution in [1.82, 2.24) is 14.0 Å². The highest BCUT2D eigenvalue weighted by Crippen LogP contribution is 2.34. The molecule has 10 heteroatoms. The van der Waals surface area contributed by atoms with E-state index in [4.69, 9.17) is 16.6 Å². The van der Waals surface area contributed by atoms with Crippen LogP contribution in [-0.2, 0) is 22.6 Å². The summed E-state index contributed by atoms with van der Waals surface area (Å²) in [6.45, 7) is 8.81. The molecule has 0 saturated carbocycles. The van der Waals surface area contributed by atoms with E-state index in [9.17, 15) is 18.8 Å². The van der Waals surface area contributed by atoms with Crippen LogP contribution in [0.4, 0.5) is 15.8 Å². The second-order valence-corrected chi connectivity index (χ2v) is 8.80. The van der Waals surface area contributed by atoms with Gasteiger partial charge in [0.2, 0.25) is 17.6 Å².